The summed E-state index contributed by atoms with van der Waals surface area (Å²) in [5.41, 5.74) is 5.25. The minimum Gasteiger partial charge on any atom is -0.394 e. The summed E-state index contributed by atoms with van der Waals surface area (Å²) in [6, 6.07) is 0. The van der Waals surface area contributed by atoms with Gasteiger partial charge in [0.2, 0.25) is 0 Å². The van der Waals surface area contributed by atoms with Crippen molar-refractivity contribution in [1.29, 1.82) is 0 Å². The van der Waals surface area contributed by atoms with Crippen molar-refractivity contribution < 1.29 is 39.4 Å². The highest BCUT2D eigenvalue weighted by atomic mass is 16.7. The Morgan fingerprint density at radius 3 is 2.10 bits per heavy atom. The molecule has 0 radical (unpaired) electrons. The predicted octanol–water partition coefficient (Wildman–Crippen LogP) is -3.21. The smallest absolute Gasteiger partial charge is 0.186 e. The Balaban J connectivity index is 2.16. The van der Waals surface area contributed by atoms with Gasteiger partial charge in [-0.15, -0.1) is 0 Å². The first-order valence-electron chi connectivity index (χ1n) is 6.89. The van der Waals surface area contributed by atoms with Gasteiger partial charge in [-0.1, -0.05) is 0 Å². The molecule has 0 aromatic heterocycles. The fourth-order valence-corrected chi connectivity index (χ4v) is 1.83. The summed E-state index contributed by atoms with van der Waals surface area (Å²) in [5.74, 6) is 0. The molecule has 5 atom stereocenters. The molecule has 0 bridgehead atoms. The van der Waals surface area contributed by atoms with E-state index in [1.54, 1.807) is 0 Å². The first kappa shape index (κ1) is 18.7. The molecule has 1 aliphatic rings. The van der Waals surface area contributed by atoms with Crippen LogP contribution in [-0.4, -0.2) is 97.3 Å². The molecular formula is C12H25NO8. The molecule has 1 fully saturated rings. The maximum Gasteiger partial charge on any atom is 0.186 e. The van der Waals surface area contributed by atoms with Crippen molar-refractivity contribution in [3.8, 4) is 0 Å². The minimum absolute atomic E-state index is 0.125. The van der Waals surface area contributed by atoms with Crippen LogP contribution < -0.4 is 5.73 Å². The Morgan fingerprint density at radius 1 is 0.857 bits per heavy atom. The molecule has 1 saturated heterocycles. The van der Waals surface area contributed by atoms with E-state index in [9.17, 15) is 15.3 Å². The predicted molar refractivity (Wildman–Crippen MR) is 70.4 cm³/mol. The lowest BCUT2D eigenvalue weighted by Gasteiger charge is -2.39. The van der Waals surface area contributed by atoms with Crippen LogP contribution in [0.3, 0.4) is 0 Å². The lowest BCUT2D eigenvalue weighted by molar-refractivity contribution is -0.302. The molecule has 0 spiro atoms. The van der Waals surface area contributed by atoms with Crippen molar-refractivity contribution >= 4 is 0 Å². The Hall–Kier alpha value is -0.360. The average molecular weight is 311 g/mol. The van der Waals surface area contributed by atoms with E-state index in [1.807, 2.05) is 0 Å². The van der Waals surface area contributed by atoms with E-state index in [-0.39, 0.29) is 13.2 Å². The zero-order valence-corrected chi connectivity index (χ0v) is 11.8. The molecule has 9 heteroatoms. The lowest BCUT2D eigenvalue weighted by Crippen LogP contribution is -2.59. The fraction of sp³-hybridized carbons (Fsp3) is 1.00. The highest BCUT2D eigenvalue weighted by Gasteiger charge is 2.43. The molecule has 0 amide bonds. The van der Waals surface area contributed by atoms with E-state index < -0.39 is 37.3 Å². The largest absolute Gasteiger partial charge is 0.394 e. The van der Waals surface area contributed by atoms with E-state index in [0.717, 1.165) is 0 Å². The number of hydrogen-bond donors (Lipinski definition) is 5. The fourth-order valence-electron chi connectivity index (χ4n) is 1.83. The molecule has 9 nitrogen and oxygen atoms in total. The molecule has 6 N–H and O–H groups in total. The number of aliphatic hydroxyl groups is 4. The van der Waals surface area contributed by atoms with Crippen molar-refractivity contribution in [3.05, 3.63) is 0 Å². The van der Waals surface area contributed by atoms with Crippen LogP contribution in [0.1, 0.15) is 0 Å². The average Bonchev–Trinajstić information content (AvgIpc) is 2.49. The standard InChI is InChI=1S/C12H25NO8/c13-1-2-18-3-4-19-5-6-20-12-11(17)10(16)9(15)8(7-14)21-12/h8-12,14-17H,1-7,13H2. The van der Waals surface area contributed by atoms with E-state index >= 15 is 0 Å². The van der Waals surface area contributed by atoms with Gasteiger partial charge in [-0.05, 0) is 0 Å². The van der Waals surface area contributed by atoms with Crippen molar-refractivity contribution in [2.24, 2.45) is 5.73 Å². The normalized spacial score (nSPS) is 33.3. The van der Waals surface area contributed by atoms with Crippen LogP contribution in [-0.2, 0) is 18.9 Å². The second-order valence-electron chi connectivity index (χ2n) is 4.58. The molecule has 1 heterocycles. The summed E-state index contributed by atoms with van der Waals surface area (Å²) >= 11 is 0. The first-order valence-corrected chi connectivity index (χ1v) is 6.89. The molecule has 5 unspecified atom stereocenters. The third kappa shape index (κ3) is 6.10. The maximum absolute atomic E-state index is 9.71. The topological polar surface area (TPSA) is 144 Å². The van der Waals surface area contributed by atoms with Crippen LogP contribution in [0.5, 0.6) is 0 Å². The van der Waals surface area contributed by atoms with E-state index in [0.29, 0.717) is 26.4 Å². The van der Waals surface area contributed by atoms with Gasteiger partial charge in [-0.3, -0.25) is 0 Å². The Kier molecular flexibility index (Phi) is 9.24. The van der Waals surface area contributed by atoms with E-state index in [4.69, 9.17) is 29.8 Å². The van der Waals surface area contributed by atoms with Gasteiger partial charge in [-0.2, -0.15) is 0 Å². The monoisotopic (exact) mass is 311 g/mol. The molecule has 0 saturated carbocycles. The Labute approximate surface area is 123 Å². The van der Waals surface area contributed by atoms with Crippen LogP contribution in [0.2, 0.25) is 0 Å². The second kappa shape index (κ2) is 10.4. The molecule has 0 aromatic rings. The Bertz CT molecular complexity index is 268. The molecule has 21 heavy (non-hydrogen) atoms. The number of aliphatic hydroxyl groups excluding tert-OH is 4. The molecule has 1 rings (SSSR count). The van der Waals surface area contributed by atoms with E-state index in [1.165, 1.54) is 0 Å². The van der Waals surface area contributed by atoms with Crippen LogP contribution in [0.15, 0.2) is 0 Å². The summed E-state index contributed by atoms with van der Waals surface area (Å²) in [7, 11) is 0. The third-order valence-electron chi connectivity index (χ3n) is 2.99. The van der Waals surface area contributed by atoms with Crippen LogP contribution in [0.25, 0.3) is 0 Å². The first-order chi connectivity index (χ1) is 10.1. The summed E-state index contributed by atoms with van der Waals surface area (Å²) in [6.45, 7) is 1.64. The van der Waals surface area contributed by atoms with Crippen molar-refractivity contribution in [3.63, 3.8) is 0 Å². The highest BCUT2D eigenvalue weighted by molar-refractivity contribution is 4.88. The third-order valence-corrected chi connectivity index (χ3v) is 2.99. The van der Waals surface area contributed by atoms with Gasteiger partial charge in [0, 0.05) is 6.54 Å². The molecule has 126 valence electrons. The summed E-state index contributed by atoms with van der Waals surface area (Å²) in [4.78, 5) is 0. The zero-order chi connectivity index (χ0) is 15.7. The number of nitrogens with two attached hydrogens (primary N) is 1. The minimum atomic E-state index is -1.44. The maximum atomic E-state index is 9.71. The van der Waals surface area contributed by atoms with Crippen molar-refractivity contribution in [1.82, 2.24) is 0 Å². The molecule has 1 aliphatic heterocycles. The lowest BCUT2D eigenvalue weighted by atomic mass is 9.99. The van der Waals surface area contributed by atoms with Gasteiger partial charge in [0.25, 0.3) is 0 Å². The molecule has 0 aliphatic carbocycles. The highest BCUT2D eigenvalue weighted by Crippen LogP contribution is 2.21. The van der Waals surface area contributed by atoms with Gasteiger partial charge in [0.1, 0.15) is 24.4 Å². The number of ether oxygens (including phenoxy) is 4. The SMILES string of the molecule is NCCOCCOCCOC1OC(CO)C(O)C(O)C1O. The van der Waals surface area contributed by atoms with Gasteiger partial charge in [0.15, 0.2) is 6.29 Å². The molecule has 0 aromatic carbocycles. The number of rotatable bonds is 10. The van der Waals surface area contributed by atoms with Gasteiger partial charge < -0.3 is 45.1 Å². The van der Waals surface area contributed by atoms with E-state index in [2.05, 4.69) is 0 Å². The van der Waals surface area contributed by atoms with Crippen LogP contribution in [0, 0.1) is 0 Å². The van der Waals surface area contributed by atoms with Gasteiger partial charge in [-0.25, -0.2) is 0 Å². The van der Waals surface area contributed by atoms with Crippen LogP contribution in [0.4, 0.5) is 0 Å². The summed E-state index contributed by atoms with van der Waals surface area (Å²) < 4.78 is 20.7. The Morgan fingerprint density at radius 2 is 1.48 bits per heavy atom. The molecular weight excluding hydrogens is 286 g/mol. The van der Waals surface area contributed by atoms with Gasteiger partial charge >= 0.3 is 0 Å². The van der Waals surface area contributed by atoms with Crippen molar-refractivity contribution in [2.75, 3.05) is 46.2 Å². The van der Waals surface area contributed by atoms with Crippen molar-refractivity contribution in [2.45, 2.75) is 30.7 Å². The number of hydrogen-bond acceptors (Lipinski definition) is 9. The van der Waals surface area contributed by atoms with Crippen LogP contribution >= 0.6 is 0 Å². The second-order valence-corrected chi connectivity index (χ2v) is 4.58. The summed E-state index contributed by atoms with van der Waals surface area (Å²) in [5, 5.41) is 37.9. The van der Waals surface area contributed by atoms with Gasteiger partial charge in [0.05, 0.1) is 39.6 Å². The zero-order valence-electron chi connectivity index (χ0n) is 11.8. The summed E-state index contributed by atoms with van der Waals surface area (Å²) in [6.07, 6.45) is -6.32. The quantitative estimate of drug-likeness (QED) is 0.263.